The van der Waals surface area contributed by atoms with Crippen LogP contribution in [0.15, 0.2) is 53.5 Å². The minimum atomic E-state index is -0.0206. The second-order valence-corrected chi connectivity index (χ2v) is 9.10. The predicted octanol–water partition coefficient (Wildman–Crippen LogP) is 3.76. The second-order valence-electron chi connectivity index (χ2n) is 9.10. The topological polar surface area (TPSA) is 51.0 Å². The molecule has 0 fully saturated rings. The van der Waals surface area contributed by atoms with E-state index in [1.807, 2.05) is 25.3 Å². The summed E-state index contributed by atoms with van der Waals surface area (Å²) in [6.45, 7) is 13.8. The van der Waals surface area contributed by atoms with Crippen molar-refractivity contribution in [1.29, 1.82) is 0 Å². The van der Waals surface area contributed by atoms with E-state index in [0.29, 0.717) is 24.2 Å². The highest BCUT2D eigenvalue weighted by atomic mass is 16.1. The van der Waals surface area contributed by atoms with Crippen LogP contribution in [0.2, 0.25) is 0 Å². The Morgan fingerprint density at radius 2 is 1.75 bits per heavy atom. The molecule has 0 saturated carbocycles. The van der Waals surface area contributed by atoms with Crippen molar-refractivity contribution < 1.29 is 5.32 Å². The van der Waals surface area contributed by atoms with E-state index in [1.165, 1.54) is 11.1 Å². The van der Waals surface area contributed by atoms with Crippen LogP contribution in [0, 0.1) is 12.8 Å². The van der Waals surface area contributed by atoms with Crippen LogP contribution in [-0.2, 0) is 12.0 Å². The zero-order valence-electron chi connectivity index (χ0n) is 17.9. The highest BCUT2D eigenvalue weighted by molar-refractivity contribution is 5.39. The molecule has 4 nitrogen and oxygen atoms in total. The van der Waals surface area contributed by atoms with Gasteiger partial charge < -0.3 is 5.32 Å². The molecule has 148 valence electrons. The van der Waals surface area contributed by atoms with E-state index >= 15 is 0 Å². The van der Waals surface area contributed by atoms with Crippen molar-refractivity contribution in [3.05, 3.63) is 81.4 Å². The van der Waals surface area contributed by atoms with Crippen molar-refractivity contribution in [2.45, 2.75) is 59.5 Å². The van der Waals surface area contributed by atoms with Crippen LogP contribution >= 0.6 is 0 Å². The Morgan fingerprint density at radius 1 is 1.07 bits per heavy atom. The van der Waals surface area contributed by atoms with Gasteiger partial charge in [0.25, 0.3) is 5.56 Å². The Morgan fingerprint density at radius 3 is 2.36 bits per heavy atom. The fraction of sp³-hybridized carbons (Fsp3) is 0.417. The lowest BCUT2D eigenvalue weighted by Gasteiger charge is -2.22. The molecule has 3 aromatic rings. The predicted molar refractivity (Wildman–Crippen MR) is 115 cm³/mol. The first-order valence-electron chi connectivity index (χ1n) is 10.1. The SMILES string of the molecule is Cc1ccc2nc(C[NH2+][C@@H](c3ccc(C(C)(C)C)cc3)C(C)C)cc(=O)n2c1. The zero-order valence-corrected chi connectivity index (χ0v) is 17.9. The van der Waals surface area contributed by atoms with Gasteiger partial charge in [-0.2, -0.15) is 0 Å². The molecule has 1 aromatic carbocycles. The highest BCUT2D eigenvalue weighted by Gasteiger charge is 2.21. The lowest BCUT2D eigenvalue weighted by atomic mass is 9.85. The minimum Gasteiger partial charge on any atom is -0.335 e. The number of aryl methyl sites for hydroxylation is 1. The number of benzene rings is 1. The lowest BCUT2D eigenvalue weighted by Crippen LogP contribution is -2.84. The van der Waals surface area contributed by atoms with Crippen molar-refractivity contribution in [2.75, 3.05) is 0 Å². The minimum absolute atomic E-state index is 0.0206. The molecule has 4 heteroatoms. The summed E-state index contributed by atoms with van der Waals surface area (Å²) in [6, 6.07) is 14.8. The molecular formula is C24H32N3O+. The average Bonchev–Trinajstić information content (AvgIpc) is 2.62. The van der Waals surface area contributed by atoms with Gasteiger partial charge in [0.2, 0.25) is 0 Å². The first kappa shape index (κ1) is 20.3. The molecule has 3 rings (SSSR count). The first-order chi connectivity index (χ1) is 13.1. The molecule has 0 unspecified atom stereocenters. The van der Waals surface area contributed by atoms with Gasteiger partial charge in [0, 0.05) is 23.7 Å². The van der Waals surface area contributed by atoms with E-state index in [4.69, 9.17) is 0 Å². The van der Waals surface area contributed by atoms with Crippen LogP contribution in [0.3, 0.4) is 0 Å². The van der Waals surface area contributed by atoms with E-state index in [2.05, 4.69) is 69.2 Å². The second kappa shape index (κ2) is 7.88. The molecule has 28 heavy (non-hydrogen) atoms. The molecule has 0 amide bonds. The van der Waals surface area contributed by atoms with Gasteiger partial charge in [0.15, 0.2) is 0 Å². The molecule has 2 N–H and O–H groups in total. The van der Waals surface area contributed by atoms with Gasteiger partial charge >= 0.3 is 0 Å². The van der Waals surface area contributed by atoms with Crippen molar-refractivity contribution in [1.82, 2.24) is 9.38 Å². The number of quaternary nitrogens is 1. The van der Waals surface area contributed by atoms with E-state index < -0.39 is 0 Å². The summed E-state index contributed by atoms with van der Waals surface area (Å²) in [7, 11) is 0. The number of hydrogen-bond donors (Lipinski definition) is 1. The molecule has 1 atom stereocenters. The van der Waals surface area contributed by atoms with E-state index in [1.54, 1.807) is 10.5 Å². The Hall–Kier alpha value is -2.46. The fourth-order valence-corrected chi connectivity index (χ4v) is 3.61. The third-order valence-corrected chi connectivity index (χ3v) is 5.32. The van der Waals surface area contributed by atoms with Crippen molar-refractivity contribution in [2.24, 2.45) is 5.92 Å². The number of hydrogen-bond acceptors (Lipinski definition) is 2. The summed E-state index contributed by atoms with van der Waals surface area (Å²) in [4.78, 5) is 17.1. The summed E-state index contributed by atoms with van der Waals surface area (Å²) in [5.74, 6) is 0.477. The summed E-state index contributed by atoms with van der Waals surface area (Å²) in [6.07, 6.45) is 1.84. The van der Waals surface area contributed by atoms with Gasteiger partial charge in [-0.05, 0) is 29.5 Å². The Bertz CT molecular complexity index is 1010. The molecule has 2 heterocycles. The maximum Gasteiger partial charge on any atom is 0.258 e. The zero-order chi connectivity index (χ0) is 20.5. The average molecular weight is 379 g/mol. The third kappa shape index (κ3) is 4.50. The normalized spacial score (nSPS) is 13.2. The largest absolute Gasteiger partial charge is 0.335 e. The van der Waals surface area contributed by atoms with Crippen molar-refractivity contribution >= 4 is 5.65 Å². The van der Waals surface area contributed by atoms with Gasteiger partial charge in [-0.3, -0.25) is 9.20 Å². The van der Waals surface area contributed by atoms with Crippen LogP contribution in [-0.4, -0.2) is 9.38 Å². The number of rotatable bonds is 5. The molecule has 0 saturated heterocycles. The Kier molecular flexibility index (Phi) is 5.71. The van der Waals surface area contributed by atoms with E-state index in [-0.39, 0.29) is 11.0 Å². The maximum atomic E-state index is 12.4. The monoisotopic (exact) mass is 378 g/mol. The first-order valence-corrected chi connectivity index (χ1v) is 10.1. The smallest absolute Gasteiger partial charge is 0.258 e. The summed E-state index contributed by atoms with van der Waals surface area (Å²) in [5.41, 5.74) is 5.38. The number of nitrogens with zero attached hydrogens (tertiary/aromatic N) is 2. The van der Waals surface area contributed by atoms with Crippen LogP contribution in [0.1, 0.15) is 63.0 Å². The molecule has 0 bridgehead atoms. The third-order valence-electron chi connectivity index (χ3n) is 5.32. The molecule has 0 aliphatic rings. The molecule has 2 aromatic heterocycles. The number of aromatic nitrogens is 2. The molecule has 0 aliphatic carbocycles. The van der Waals surface area contributed by atoms with Crippen molar-refractivity contribution in [3.63, 3.8) is 0 Å². The van der Waals surface area contributed by atoms with Gasteiger partial charge in [-0.25, -0.2) is 4.98 Å². The summed E-state index contributed by atoms with van der Waals surface area (Å²) in [5, 5.41) is 2.29. The number of pyridine rings is 1. The van der Waals surface area contributed by atoms with Crippen LogP contribution in [0.4, 0.5) is 0 Å². The number of fused-ring (bicyclic) bond motifs is 1. The molecule has 0 spiro atoms. The fourth-order valence-electron chi connectivity index (χ4n) is 3.61. The summed E-state index contributed by atoms with van der Waals surface area (Å²) < 4.78 is 1.62. The van der Waals surface area contributed by atoms with Crippen LogP contribution in [0.5, 0.6) is 0 Å². The van der Waals surface area contributed by atoms with Crippen LogP contribution in [0.25, 0.3) is 5.65 Å². The maximum absolute atomic E-state index is 12.4. The van der Waals surface area contributed by atoms with E-state index in [9.17, 15) is 4.79 Å². The summed E-state index contributed by atoms with van der Waals surface area (Å²) >= 11 is 0. The molecular weight excluding hydrogens is 346 g/mol. The van der Waals surface area contributed by atoms with Crippen LogP contribution < -0.4 is 10.9 Å². The molecule has 0 aliphatic heterocycles. The Labute approximate surface area is 167 Å². The quantitative estimate of drug-likeness (QED) is 0.735. The number of nitrogens with two attached hydrogens (primary N) is 1. The van der Waals surface area contributed by atoms with Gasteiger partial charge in [-0.15, -0.1) is 0 Å². The van der Waals surface area contributed by atoms with Gasteiger partial charge in [0.1, 0.15) is 23.9 Å². The van der Waals surface area contributed by atoms with Gasteiger partial charge in [0.05, 0.1) is 0 Å². The van der Waals surface area contributed by atoms with Gasteiger partial charge in [-0.1, -0.05) is 65.0 Å². The highest BCUT2D eigenvalue weighted by Crippen LogP contribution is 2.25. The van der Waals surface area contributed by atoms with E-state index in [0.717, 1.165) is 11.3 Å². The van der Waals surface area contributed by atoms with Crippen molar-refractivity contribution in [3.8, 4) is 0 Å². The standard InChI is InChI=1S/C24H31N3O/c1-16(2)23(18-8-10-19(11-9-18)24(4,5)6)25-14-20-13-22(28)27-15-17(3)7-12-21(27)26-20/h7-13,15-16,23,25H,14H2,1-6H3/p+1/t23-/m1/s1. The lowest BCUT2D eigenvalue weighted by molar-refractivity contribution is -0.717. The Balaban J connectivity index is 1.81. The molecule has 0 radical (unpaired) electrons.